The van der Waals surface area contributed by atoms with Crippen LogP contribution >= 0.6 is 11.6 Å². The van der Waals surface area contributed by atoms with Gasteiger partial charge in [0.05, 0.1) is 22.8 Å². The van der Waals surface area contributed by atoms with Crippen molar-refractivity contribution in [1.29, 1.82) is 0 Å². The van der Waals surface area contributed by atoms with E-state index in [4.69, 9.17) is 16.3 Å². The van der Waals surface area contributed by atoms with Crippen LogP contribution in [0.4, 0.5) is 17.3 Å². The van der Waals surface area contributed by atoms with E-state index >= 15 is 0 Å². The Morgan fingerprint density at radius 2 is 1.68 bits per heavy atom. The van der Waals surface area contributed by atoms with E-state index in [1.165, 1.54) is 48.5 Å². The summed E-state index contributed by atoms with van der Waals surface area (Å²) >= 11 is 6.22. The molecule has 0 saturated heterocycles. The van der Waals surface area contributed by atoms with E-state index in [1.54, 1.807) is 19.9 Å². The summed E-state index contributed by atoms with van der Waals surface area (Å²) in [6, 6.07) is 13.1. The lowest BCUT2D eigenvalue weighted by Gasteiger charge is -2.16. The third-order valence-corrected chi connectivity index (χ3v) is 7.44. The zero-order chi connectivity index (χ0) is 29.0. The molecule has 0 spiro atoms. The van der Waals surface area contributed by atoms with Gasteiger partial charge in [-0.05, 0) is 68.8 Å². The summed E-state index contributed by atoms with van der Waals surface area (Å²) in [4.78, 5) is 47.3. The van der Waals surface area contributed by atoms with Crippen LogP contribution in [0.3, 0.4) is 0 Å². The molecule has 13 heteroatoms. The largest absolute Gasteiger partial charge is 0.462 e. The number of carbonyl (C=O) groups excluding carboxylic acids is 3. The van der Waals surface area contributed by atoms with Crippen LogP contribution in [0.25, 0.3) is 0 Å². The highest BCUT2D eigenvalue weighted by atomic mass is 35.5. The van der Waals surface area contributed by atoms with Gasteiger partial charge < -0.3 is 10.1 Å². The summed E-state index contributed by atoms with van der Waals surface area (Å²) in [7, 11) is -3.99. The van der Waals surface area contributed by atoms with Gasteiger partial charge in [-0.3, -0.25) is 9.59 Å². The van der Waals surface area contributed by atoms with Crippen LogP contribution in [0.5, 0.6) is 0 Å². The molecule has 0 bridgehead atoms. The molecule has 1 aromatic heterocycles. The maximum Gasteiger partial charge on any atom is 0.338 e. The van der Waals surface area contributed by atoms with E-state index in [0.717, 1.165) is 11.3 Å². The molecule has 4 rings (SSSR count). The quantitative estimate of drug-likeness (QED) is 0.202. The fourth-order valence-corrected chi connectivity index (χ4v) is 4.98. The molecule has 1 aliphatic heterocycles. The number of aryl methyl sites for hydroxylation is 2. The number of aromatic nitrogens is 2. The van der Waals surface area contributed by atoms with E-state index in [0.29, 0.717) is 23.5 Å². The summed E-state index contributed by atoms with van der Waals surface area (Å²) < 4.78 is 33.1. The number of unbranched alkanes of at least 4 members (excludes halogenated alkanes) is 1. The average Bonchev–Trinajstić information content (AvgIpc) is 3.11. The lowest BCUT2D eigenvalue weighted by atomic mass is 10.2. The summed E-state index contributed by atoms with van der Waals surface area (Å²) in [5.74, 6) is -2.13. The van der Waals surface area contributed by atoms with Crippen LogP contribution in [0.2, 0.25) is 0 Å². The van der Waals surface area contributed by atoms with E-state index in [2.05, 4.69) is 20.0 Å². The molecule has 11 nitrogen and oxygen atoms in total. The Bertz CT molecular complexity index is 1600. The SMILES string of the molecule is CCCCOC(=O)c1cccc(N2C(=O)C(Cl)=C(Nc3ccc(S(=O)(=O)Nc4nc(C)cc(C)n4)cc3)C2=O)c1. The number of benzene rings is 2. The first-order valence-electron chi connectivity index (χ1n) is 12.3. The maximum absolute atomic E-state index is 13.2. The number of imide groups is 1. The predicted octanol–water partition coefficient (Wildman–Crippen LogP) is 4.29. The molecule has 2 amide bonds. The smallest absolute Gasteiger partial charge is 0.338 e. The summed E-state index contributed by atoms with van der Waals surface area (Å²) in [5.41, 5.74) is 1.67. The number of esters is 1. The summed E-state index contributed by atoms with van der Waals surface area (Å²) in [5, 5.41) is 2.43. The van der Waals surface area contributed by atoms with Crippen LogP contribution in [-0.4, -0.2) is 42.8 Å². The molecule has 0 aliphatic carbocycles. The van der Waals surface area contributed by atoms with Crippen molar-refractivity contribution < 1.29 is 27.5 Å². The van der Waals surface area contributed by atoms with Crippen LogP contribution < -0.4 is 14.9 Å². The van der Waals surface area contributed by atoms with Crippen LogP contribution in [0.15, 0.2) is 70.2 Å². The van der Waals surface area contributed by atoms with Gasteiger partial charge in [-0.15, -0.1) is 0 Å². The standard InChI is InChI=1S/C27H26ClN5O6S/c1-4-5-13-39-26(36)18-7-6-8-20(15-18)33-24(34)22(28)23(25(33)35)31-19-9-11-21(12-10-19)40(37,38)32-27-29-16(2)14-17(3)30-27/h6-12,14-15,31H,4-5,13H2,1-3H3,(H,29,30,32). The predicted molar refractivity (Wildman–Crippen MR) is 149 cm³/mol. The Morgan fingerprint density at radius 3 is 2.33 bits per heavy atom. The van der Waals surface area contributed by atoms with Crippen LogP contribution in [-0.2, 0) is 24.3 Å². The monoisotopic (exact) mass is 583 g/mol. The van der Waals surface area contributed by atoms with Gasteiger partial charge in [0.1, 0.15) is 10.7 Å². The molecule has 0 atom stereocenters. The summed E-state index contributed by atoms with van der Waals surface area (Å²) in [6.45, 7) is 5.68. The molecule has 2 aromatic carbocycles. The minimum atomic E-state index is -3.99. The Balaban J connectivity index is 1.49. The molecule has 208 valence electrons. The fourth-order valence-electron chi connectivity index (χ4n) is 3.82. The van der Waals surface area contributed by atoms with Gasteiger partial charge in [-0.2, -0.15) is 0 Å². The van der Waals surface area contributed by atoms with Crippen molar-refractivity contribution in [3.05, 3.63) is 82.3 Å². The Morgan fingerprint density at radius 1 is 1.00 bits per heavy atom. The van der Waals surface area contributed by atoms with Gasteiger partial charge in [-0.1, -0.05) is 31.0 Å². The number of hydrogen-bond acceptors (Lipinski definition) is 9. The Kier molecular flexibility index (Phi) is 8.50. The number of halogens is 1. The third kappa shape index (κ3) is 6.29. The molecular weight excluding hydrogens is 558 g/mol. The van der Waals surface area contributed by atoms with E-state index in [-0.39, 0.29) is 39.4 Å². The van der Waals surface area contributed by atoms with Crippen molar-refractivity contribution >= 4 is 56.7 Å². The van der Waals surface area contributed by atoms with Crippen molar-refractivity contribution in [2.75, 3.05) is 21.5 Å². The number of sulfonamides is 1. The number of ether oxygens (including phenoxy) is 1. The molecule has 2 N–H and O–H groups in total. The number of carbonyl (C=O) groups is 3. The zero-order valence-electron chi connectivity index (χ0n) is 21.9. The van der Waals surface area contributed by atoms with Gasteiger partial charge in [0.2, 0.25) is 5.95 Å². The lowest BCUT2D eigenvalue weighted by Crippen LogP contribution is -2.32. The first-order chi connectivity index (χ1) is 19.0. The zero-order valence-corrected chi connectivity index (χ0v) is 23.5. The number of rotatable bonds is 10. The molecule has 0 unspecified atom stereocenters. The van der Waals surface area contributed by atoms with Gasteiger partial charge in [0.25, 0.3) is 21.8 Å². The van der Waals surface area contributed by atoms with Crippen LogP contribution in [0.1, 0.15) is 41.5 Å². The second-order valence-electron chi connectivity index (χ2n) is 8.90. The highest BCUT2D eigenvalue weighted by Gasteiger charge is 2.39. The lowest BCUT2D eigenvalue weighted by molar-refractivity contribution is -0.120. The minimum Gasteiger partial charge on any atom is -0.462 e. The van der Waals surface area contributed by atoms with E-state index in [1.807, 2.05) is 6.92 Å². The topological polar surface area (TPSA) is 148 Å². The normalized spacial score (nSPS) is 13.6. The molecule has 40 heavy (non-hydrogen) atoms. The highest BCUT2D eigenvalue weighted by molar-refractivity contribution is 7.92. The van der Waals surface area contributed by atoms with E-state index < -0.39 is 27.8 Å². The maximum atomic E-state index is 13.2. The van der Waals surface area contributed by atoms with Gasteiger partial charge in [-0.25, -0.2) is 32.8 Å². The highest BCUT2D eigenvalue weighted by Crippen LogP contribution is 2.31. The molecule has 0 saturated carbocycles. The van der Waals surface area contributed by atoms with Crippen molar-refractivity contribution in [1.82, 2.24) is 9.97 Å². The van der Waals surface area contributed by atoms with Gasteiger partial charge in [0, 0.05) is 17.1 Å². The Labute approximate surface area is 236 Å². The van der Waals surface area contributed by atoms with Crippen molar-refractivity contribution in [3.63, 3.8) is 0 Å². The van der Waals surface area contributed by atoms with E-state index in [9.17, 15) is 22.8 Å². The third-order valence-electron chi connectivity index (χ3n) is 5.74. The number of amides is 2. The minimum absolute atomic E-state index is 0.0508. The number of nitrogens with one attached hydrogen (secondary N) is 2. The second-order valence-corrected chi connectivity index (χ2v) is 11.0. The van der Waals surface area contributed by atoms with Gasteiger partial charge >= 0.3 is 5.97 Å². The fraction of sp³-hybridized carbons (Fsp3) is 0.222. The number of hydrogen-bond donors (Lipinski definition) is 2. The second kappa shape index (κ2) is 11.8. The molecular formula is C27H26ClN5O6S. The van der Waals surface area contributed by atoms with Crippen molar-refractivity contribution in [3.8, 4) is 0 Å². The number of anilines is 3. The van der Waals surface area contributed by atoms with Crippen molar-refractivity contribution in [2.24, 2.45) is 0 Å². The summed E-state index contributed by atoms with van der Waals surface area (Å²) in [6.07, 6.45) is 1.58. The van der Waals surface area contributed by atoms with Crippen molar-refractivity contribution in [2.45, 2.75) is 38.5 Å². The number of nitrogens with zero attached hydrogens (tertiary/aromatic N) is 3. The van der Waals surface area contributed by atoms with Crippen LogP contribution in [0, 0.1) is 13.8 Å². The average molecular weight is 584 g/mol. The molecule has 3 aromatic rings. The molecule has 0 fully saturated rings. The first-order valence-corrected chi connectivity index (χ1v) is 14.1. The van der Waals surface area contributed by atoms with Gasteiger partial charge in [0.15, 0.2) is 0 Å². The molecule has 1 aliphatic rings. The molecule has 2 heterocycles. The first kappa shape index (κ1) is 28.7. The molecule has 0 radical (unpaired) electrons. The Hall–Kier alpha value is -4.29.